The minimum Gasteiger partial charge on any atom is -0.490 e. The van der Waals surface area contributed by atoms with Crippen LogP contribution in [0.2, 0.25) is 0 Å². The van der Waals surface area contributed by atoms with E-state index in [0.29, 0.717) is 25.6 Å². The molecule has 1 aromatic carbocycles. The van der Waals surface area contributed by atoms with Crippen molar-refractivity contribution in [1.29, 1.82) is 0 Å². The van der Waals surface area contributed by atoms with Gasteiger partial charge in [0.05, 0.1) is 6.54 Å². The highest BCUT2D eigenvalue weighted by molar-refractivity contribution is 14.0. The lowest BCUT2D eigenvalue weighted by atomic mass is 10.3. The van der Waals surface area contributed by atoms with E-state index in [9.17, 15) is 0 Å². The summed E-state index contributed by atoms with van der Waals surface area (Å²) in [5.74, 6) is 2.25. The third-order valence-electron chi connectivity index (χ3n) is 3.45. The Balaban J connectivity index is 0.00000364. The molecule has 2 aromatic rings. The number of aromatic nitrogens is 1. The largest absolute Gasteiger partial charge is 0.490 e. The zero-order valence-corrected chi connectivity index (χ0v) is 18.3. The van der Waals surface area contributed by atoms with Crippen LogP contribution >= 0.6 is 24.0 Å². The maximum Gasteiger partial charge on any atom is 0.213 e. The molecule has 0 aliphatic heterocycles. The normalized spacial score (nSPS) is 10.7. The van der Waals surface area contributed by atoms with Crippen LogP contribution in [0.3, 0.4) is 0 Å². The smallest absolute Gasteiger partial charge is 0.213 e. The molecule has 0 spiro atoms. The van der Waals surface area contributed by atoms with Gasteiger partial charge in [0.2, 0.25) is 5.88 Å². The van der Waals surface area contributed by atoms with Crippen LogP contribution in [0.5, 0.6) is 11.6 Å². The first kappa shape index (κ1) is 23.0. The number of aliphatic imine (C=N–C) groups is 1. The number of pyridine rings is 1. The van der Waals surface area contributed by atoms with E-state index in [1.54, 1.807) is 6.20 Å². The predicted molar refractivity (Wildman–Crippen MR) is 120 cm³/mol. The average Bonchev–Trinajstić information content (AvgIpc) is 2.69. The molecule has 2 rings (SSSR count). The number of para-hydroxylation sites is 1. The highest BCUT2D eigenvalue weighted by atomic mass is 127. The third kappa shape index (κ3) is 9.46. The van der Waals surface area contributed by atoms with Crippen LogP contribution in [0.1, 0.15) is 25.8 Å². The molecule has 0 atom stereocenters. The van der Waals surface area contributed by atoms with Crippen molar-refractivity contribution < 1.29 is 9.47 Å². The Bertz CT molecular complexity index is 651. The summed E-state index contributed by atoms with van der Waals surface area (Å²) in [6.45, 7) is 7.43. The number of rotatable bonds is 10. The number of hydrogen-bond acceptors (Lipinski definition) is 4. The number of halogens is 1. The fourth-order valence-electron chi connectivity index (χ4n) is 2.17. The van der Waals surface area contributed by atoms with Crippen molar-refractivity contribution >= 4 is 29.9 Å². The van der Waals surface area contributed by atoms with Gasteiger partial charge in [-0.25, -0.2) is 9.98 Å². The molecule has 0 fully saturated rings. The molecule has 7 heteroatoms. The molecule has 0 bridgehead atoms. The first-order valence-electron chi connectivity index (χ1n) is 9.09. The first-order chi connectivity index (χ1) is 12.8. The predicted octanol–water partition coefficient (Wildman–Crippen LogP) is 3.62. The van der Waals surface area contributed by atoms with E-state index in [1.165, 1.54) is 0 Å². The summed E-state index contributed by atoms with van der Waals surface area (Å²) in [4.78, 5) is 8.87. The molecule has 0 amide bonds. The zero-order valence-electron chi connectivity index (χ0n) is 16.0. The molecule has 0 aliphatic rings. The number of ether oxygens (including phenoxy) is 2. The topological polar surface area (TPSA) is 67.8 Å². The summed E-state index contributed by atoms with van der Waals surface area (Å²) in [6.07, 6.45) is 2.85. The second-order valence-electron chi connectivity index (χ2n) is 5.64. The lowest BCUT2D eigenvalue weighted by molar-refractivity contribution is 0.212. The number of hydrogen-bond donors (Lipinski definition) is 2. The Morgan fingerprint density at radius 3 is 2.44 bits per heavy atom. The Kier molecular flexibility index (Phi) is 12.0. The number of benzene rings is 1. The second kappa shape index (κ2) is 14.1. The van der Waals surface area contributed by atoms with Gasteiger partial charge in [0.15, 0.2) is 5.96 Å². The summed E-state index contributed by atoms with van der Waals surface area (Å²) in [5, 5.41) is 6.51. The summed E-state index contributed by atoms with van der Waals surface area (Å²) < 4.78 is 11.2. The highest BCUT2D eigenvalue weighted by Crippen LogP contribution is 2.10. The molecule has 148 valence electrons. The van der Waals surface area contributed by atoms with Crippen LogP contribution in [-0.2, 0) is 6.54 Å². The molecule has 0 aliphatic carbocycles. The van der Waals surface area contributed by atoms with Crippen LogP contribution in [0.15, 0.2) is 53.7 Å². The molecule has 0 saturated carbocycles. The van der Waals surface area contributed by atoms with E-state index in [-0.39, 0.29) is 24.0 Å². The van der Waals surface area contributed by atoms with Crippen LogP contribution in [0.25, 0.3) is 0 Å². The van der Waals surface area contributed by atoms with Gasteiger partial charge in [0.1, 0.15) is 19.0 Å². The van der Waals surface area contributed by atoms with Gasteiger partial charge in [-0.3, -0.25) is 0 Å². The molecule has 2 N–H and O–H groups in total. The van der Waals surface area contributed by atoms with Gasteiger partial charge in [-0.05, 0) is 31.0 Å². The molecule has 1 heterocycles. The molecule has 0 saturated heterocycles. The molecule has 1 aromatic heterocycles. The molecule has 0 unspecified atom stereocenters. The van der Waals surface area contributed by atoms with Gasteiger partial charge in [0.25, 0.3) is 0 Å². The van der Waals surface area contributed by atoms with E-state index in [2.05, 4.69) is 34.5 Å². The molecule has 27 heavy (non-hydrogen) atoms. The van der Waals surface area contributed by atoms with E-state index < -0.39 is 0 Å². The van der Waals surface area contributed by atoms with Gasteiger partial charge in [-0.1, -0.05) is 31.2 Å². The number of nitrogens with zero attached hydrogens (tertiary/aromatic N) is 2. The van der Waals surface area contributed by atoms with Crippen molar-refractivity contribution in [2.75, 3.05) is 26.3 Å². The average molecular weight is 484 g/mol. The number of guanidine groups is 1. The Morgan fingerprint density at radius 2 is 1.78 bits per heavy atom. The summed E-state index contributed by atoms with van der Waals surface area (Å²) in [5.41, 5.74) is 1.03. The van der Waals surface area contributed by atoms with Crippen LogP contribution in [0.4, 0.5) is 0 Å². The first-order valence-corrected chi connectivity index (χ1v) is 9.09. The van der Waals surface area contributed by atoms with Gasteiger partial charge < -0.3 is 20.1 Å². The fraction of sp³-hybridized carbons (Fsp3) is 0.400. The Labute approximate surface area is 178 Å². The number of nitrogens with one attached hydrogen (secondary N) is 2. The maximum atomic E-state index is 5.60. The van der Waals surface area contributed by atoms with E-state index >= 15 is 0 Å². The highest BCUT2D eigenvalue weighted by Gasteiger charge is 2.00. The van der Waals surface area contributed by atoms with Crippen LogP contribution < -0.4 is 20.1 Å². The standard InChI is InChI=1S/C20H28N4O2.HI/c1-3-12-22-20(21-4-2)24-16-17-10-11-19(23-15-17)26-14-13-25-18-8-6-5-7-9-18;/h5-11,15H,3-4,12-14,16H2,1-2H3,(H2,21,22,24);1H. The van der Waals surface area contributed by atoms with Crippen molar-refractivity contribution in [2.24, 2.45) is 4.99 Å². The van der Waals surface area contributed by atoms with Crippen LogP contribution in [0, 0.1) is 0 Å². The van der Waals surface area contributed by atoms with Crippen molar-refractivity contribution in [3.05, 3.63) is 54.2 Å². The van der Waals surface area contributed by atoms with Crippen LogP contribution in [-0.4, -0.2) is 37.2 Å². The zero-order chi connectivity index (χ0) is 18.5. The van der Waals surface area contributed by atoms with E-state index in [1.807, 2.05) is 42.5 Å². The monoisotopic (exact) mass is 484 g/mol. The quantitative estimate of drug-likeness (QED) is 0.234. The lowest BCUT2D eigenvalue weighted by Crippen LogP contribution is -2.37. The summed E-state index contributed by atoms with van der Waals surface area (Å²) in [7, 11) is 0. The minimum atomic E-state index is 0. The SMILES string of the molecule is CCCNC(=NCc1ccc(OCCOc2ccccc2)nc1)NCC.I. The maximum absolute atomic E-state index is 5.60. The van der Waals surface area contributed by atoms with E-state index in [0.717, 1.165) is 36.8 Å². The summed E-state index contributed by atoms with van der Waals surface area (Å²) in [6, 6.07) is 13.5. The summed E-state index contributed by atoms with van der Waals surface area (Å²) >= 11 is 0. The molecular weight excluding hydrogens is 455 g/mol. The Morgan fingerprint density at radius 1 is 1.00 bits per heavy atom. The van der Waals surface area contributed by atoms with Crippen molar-refractivity contribution in [2.45, 2.75) is 26.8 Å². The second-order valence-corrected chi connectivity index (χ2v) is 5.64. The lowest BCUT2D eigenvalue weighted by Gasteiger charge is -2.10. The van der Waals surface area contributed by atoms with Gasteiger partial charge in [-0.15, -0.1) is 24.0 Å². The van der Waals surface area contributed by atoms with Gasteiger partial charge >= 0.3 is 0 Å². The fourth-order valence-corrected chi connectivity index (χ4v) is 2.17. The van der Waals surface area contributed by atoms with Crippen molar-refractivity contribution in [3.8, 4) is 11.6 Å². The Hall–Kier alpha value is -2.03. The van der Waals surface area contributed by atoms with Gasteiger partial charge in [-0.2, -0.15) is 0 Å². The van der Waals surface area contributed by atoms with Gasteiger partial charge in [0, 0.05) is 25.4 Å². The molecule has 0 radical (unpaired) electrons. The minimum absolute atomic E-state index is 0. The van der Waals surface area contributed by atoms with Crippen molar-refractivity contribution in [3.63, 3.8) is 0 Å². The molecular formula is C20H29IN4O2. The van der Waals surface area contributed by atoms with E-state index in [4.69, 9.17) is 9.47 Å². The molecule has 6 nitrogen and oxygen atoms in total. The van der Waals surface area contributed by atoms with Crippen molar-refractivity contribution in [1.82, 2.24) is 15.6 Å². The third-order valence-corrected chi connectivity index (χ3v) is 3.45.